The molecule has 3 rings (SSSR count). The highest BCUT2D eigenvalue weighted by atomic mass is 15.1. The minimum atomic E-state index is 0.594. The van der Waals surface area contributed by atoms with Gasteiger partial charge in [-0.05, 0) is 56.8 Å². The molecule has 2 aliphatic rings. The Hall–Kier alpha value is -0.860. The van der Waals surface area contributed by atoms with Crippen molar-refractivity contribution < 1.29 is 0 Å². The number of hydrogen-bond donors (Lipinski definition) is 1. The number of hydrogen-bond acceptors (Lipinski definition) is 2. The molecule has 0 spiro atoms. The van der Waals surface area contributed by atoms with E-state index in [-0.39, 0.29) is 0 Å². The molecule has 1 saturated heterocycles. The number of fused-ring (bicyclic) bond motifs is 1. The van der Waals surface area contributed by atoms with Crippen LogP contribution >= 0.6 is 0 Å². The molecule has 0 aromatic heterocycles. The number of rotatable bonds is 4. The highest BCUT2D eigenvalue weighted by molar-refractivity contribution is 5.37. The van der Waals surface area contributed by atoms with Gasteiger partial charge in [-0.2, -0.15) is 0 Å². The fraction of sp³-hybridized carbons (Fsp3) is 0.667. The van der Waals surface area contributed by atoms with Crippen LogP contribution in [0.4, 0.5) is 0 Å². The molecule has 1 N–H and O–H groups in total. The Morgan fingerprint density at radius 1 is 1.15 bits per heavy atom. The summed E-state index contributed by atoms with van der Waals surface area (Å²) in [7, 11) is 0. The summed E-state index contributed by atoms with van der Waals surface area (Å²) in [6, 6.07) is 7.54. The monoisotopic (exact) mass is 272 g/mol. The fourth-order valence-electron chi connectivity index (χ4n) is 3.69. The Kier molecular flexibility index (Phi) is 4.74. The van der Waals surface area contributed by atoms with Gasteiger partial charge in [0.1, 0.15) is 0 Å². The molecule has 1 atom stereocenters. The molecular formula is C18H28N2. The maximum Gasteiger partial charge on any atom is 0.0326 e. The second-order valence-corrected chi connectivity index (χ2v) is 6.50. The Morgan fingerprint density at radius 2 is 1.95 bits per heavy atom. The van der Waals surface area contributed by atoms with Gasteiger partial charge in [-0.15, -0.1) is 0 Å². The summed E-state index contributed by atoms with van der Waals surface area (Å²) >= 11 is 0. The van der Waals surface area contributed by atoms with Gasteiger partial charge in [0, 0.05) is 19.1 Å². The molecule has 0 radical (unpaired) electrons. The predicted molar refractivity (Wildman–Crippen MR) is 85.2 cm³/mol. The lowest BCUT2D eigenvalue weighted by Gasteiger charge is -2.22. The highest BCUT2D eigenvalue weighted by Crippen LogP contribution is 2.31. The van der Waals surface area contributed by atoms with Gasteiger partial charge in [-0.1, -0.05) is 36.6 Å². The first kappa shape index (κ1) is 14.1. The number of likely N-dealkylation sites (tertiary alicyclic amines) is 1. The molecule has 0 amide bonds. The molecule has 2 heteroatoms. The van der Waals surface area contributed by atoms with Crippen molar-refractivity contribution in [3.8, 4) is 0 Å². The average molecular weight is 272 g/mol. The molecule has 0 saturated carbocycles. The van der Waals surface area contributed by atoms with Crippen LogP contribution in [0.2, 0.25) is 0 Å². The van der Waals surface area contributed by atoms with Gasteiger partial charge in [0.15, 0.2) is 0 Å². The molecule has 1 fully saturated rings. The van der Waals surface area contributed by atoms with E-state index >= 15 is 0 Å². The first-order valence-corrected chi connectivity index (χ1v) is 8.38. The third-order valence-electron chi connectivity index (χ3n) is 4.90. The van der Waals surface area contributed by atoms with Crippen molar-refractivity contribution in [2.24, 2.45) is 0 Å². The Bertz CT molecular complexity index is 433. The van der Waals surface area contributed by atoms with E-state index < -0.39 is 0 Å². The van der Waals surface area contributed by atoms with E-state index in [9.17, 15) is 0 Å². The smallest absolute Gasteiger partial charge is 0.0326 e. The number of aryl methyl sites for hydroxylation is 2. The standard InChI is InChI=1S/C18H28N2/c1-15-6-7-16-8-9-18(17(16)14-15)19-10-13-20-11-4-2-3-5-12-20/h6-7,14,18-19H,2-5,8-13H2,1H3. The van der Waals surface area contributed by atoms with Gasteiger partial charge in [-0.25, -0.2) is 0 Å². The quantitative estimate of drug-likeness (QED) is 0.903. The summed E-state index contributed by atoms with van der Waals surface area (Å²) in [4.78, 5) is 2.64. The minimum absolute atomic E-state index is 0.594. The van der Waals surface area contributed by atoms with E-state index in [0.29, 0.717) is 6.04 Å². The summed E-state index contributed by atoms with van der Waals surface area (Å²) in [5, 5.41) is 3.79. The molecule has 1 aromatic rings. The normalized spacial score (nSPS) is 23.6. The lowest BCUT2D eigenvalue weighted by Crippen LogP contribution is -2.34. The zero-order valence-corrected chi connectivity index (χ0v) is 12.8. The van der Waals surface area contributed by atoms with Gasteiger partial charge in [0.05, 0.1) is 0 Å². The summed E-state index contributed by atoms with van der Waals surface area (Å²) < 4.78 is 0. The Labute approximate surface area is 123 Å². The SMILES string of the molecule is Cc1ccc2c(c1)C(NCCN1CCCCCC1)CC2. The molecule has 20 heavy (non-hydrogen) atoms. The molecule has 1 aliphatic heterocycles. The van der Waals surface area contributed by atoms with Gasteiger partial charge in [0.2, 0.25) is 0 Å². The third kappa shape index (κ3) is 3.42. The van der Waals surface area contributed by atoms with Crippen LogP contribution in [0.1, 0.15) is 54.8 Å². The van der Waals surface area contributed by atoms with E-state index in [4.69, 9.17) is 0 Å². The van der Waals surface area contributed by atoms with E-state index in [1.54, 1.807) is 11.1 Å². The Balaban J connectivity index is 1.49. The summed E-state index contributed by atoms with van der Waals surface area (Å²) in [5.74, 6) is 0. The molecule has 1 aliphatic carbocycles. The molecule has 1 unspecified atom stereocenters. The lowest BCUT2D eigenvalue weighted by molar-refractivity contribution is 0.279. The van der Waals surface area contributed by atoms with Crippen molar-refractivity contribution in [1.82, 2.24) is 10.2 Å². The van der Waals surface area contributed by atoms with Crippen molar-refractivity contribution in [2.75, 3.05) is 26.2 Å². The van der Waals surface area contributed by atoms with Crippen molar-refractivity contribution in [3.05, 3.63) is 34.9 Å². The maximum atomic E-state index is 3.79. The van der Waals surface area contributed by atoms with Crippen LogP contribution in [0.3, 0.4) is 0 Å². The molecule has 1 heterocycles. The predicted octanol–water partition coefficient (Wildman–Crippen LogP) is 3.45. The third-order valence-corrected chi connectivity index (χ3v) is 4.90. The van der Waals surface area contributed by atoms with Gasteiger partial charge in [0.25, 0.3) is 0 Å². The van der Waals surface area contributed by atoms with E-state index in [1.807, 2.05) is 0 Å². The van der Waals surface area contributed by atoms with Crippen LogP contribution < -0.4 is 5.32 Å². The first-order valence-electron chi connectivity index (χ1n) is 8.38. The number of nitrogens with zero attached hydrogens (tertiary/aromatic N) is 1. The second-order valence-electron chi connectivity index (χ2n) is 6.50. The number of benzene rings is 1. The largest absolute Gasteiger partial charge is 0.309 e. The molecule has 2 nitrogen and oxygen atoms in total. The molecular weight excluding hydrogens is 244 g/mol. The molecule has 0 bridgehead atoms. The number of nitrogens with one attached hydrogen (secondary N) is 1. The summed E-state index contributed by atoms with van der Waals surface area (Å²) in [6.07, 6.45) is 8.17. The van der Waals surface area contributed by atoms with Crippen LogP contribution in [0.25, 0.3) is 0 Å². The van der Waals surface area contributed by atoms with Crippen molar-refractivity contribution in [2.45, 2.75) is 51.5 Å². The lowest BCUT2D eigenvalue weighted by atomic mass is 10.1. The van der Waals surface area contributed by atoms with Crippen LogP contribution in [-0.2, 0) is 6.42 Å². The van der Waals surface area contributed by atoms with E-state index in [2.05, 4.69) is 35.3 Å². The zero-order valence-electron chi connectivity index (χ0n) is 12.8. The molecule has 110 valence electrons. The second kappa shape index (κ2) is 6.73. The zero-order chi connectivity index (χ0) is 13.8. The first-order chi connectivity index (χ1) is 9.83. The van der Waals surface area contributed by atoms with Gasteiger partial charge >= 0.3 is 0 Å². The van der Waals surface area contributed by atoms with E-state index in [1.165, 1.54) is 63.7 Å². The highest BCUT2D eigenvalue weighted by Gasteiger charge is 2.21. The van der Waals surface area contributed by atoms with Crippen molar-refractivity contribution >= 4 is 0 Å². The summed E-state index contributed by atoms with van der Waals surface area (Å²) in [5.41, 5.74) is 4.51. The summed E-state index contributed by atoms with van der Waals surface area (Å²) in [6.45, 7) is 7.17. The van der Waals surface area contributed by atoms with E-state index in [0.717, 1.165) is 6.54 Å². The molecule has 1 aromatic carbocycles. The average Bonchev–Trinajstić information content (AvgIpc) is 2.68. The Morgan fingerprint density at radius 3 is 2.75 bits per heavy atom. The van der Waals surface area contributed by atoms with Gasteiger partial charge in [-0.3, -0.25) is 0 Å². The van der Waals surface area contributed by atoms with Crippen LogP contribution in [0.15, 0.2) is 18.2 Å². The van der Waals surface area contributed by atoms with Crippen LogP contribution in [0.5, 0.6) is 0 Å². The maximum absolute atomic E-state index is 3.79. The van der Waals surface area contributed by atoms with Crippen molar-refractivity contribution in [1.29, 1.82) is 0 Å². The topological polar surface area (TPSA) is 15.3 Å². The fourth-order valence-corrected chi connectivity index (χ4v) is 3.69. The van der Waals surface area contributed by atoms with Crippen molar-refractivity contribution in [3.63, 3.8) is 0 Å². The van der Waals surface area contributed by atoms with Crippen LogP contribution in [0, 0.1) is 6.92 Å². The minimum Gasteiger partial charge on any atom is -0.309 e. The van der Waals surface area contributed by atoms with Crippen LogP contribution in [-0.4, -0.2) is 31.1 Å². The van der Waals surface area contributed by atoms with Gasteiger partial charge < -0.3 is 10.2 Å².